The molecule has 1 N–H and O–H groups in total. The van der Waals surface area contributed by atoms with Crippen LogP contribution in [0.25, 0.3) is 0 Å². The highest BCUT2D eigenvalue weighted by molar-refractivity contribution is 5.20. The standard InChI is InChI=1S/C14H21NO/c1-2-14(11-15-12-14)9-6-10-16-13-7-4-3-5-8-13/h3-5,7-8,15H,2,6,9-12H2,1H3. The van der Waals surface area contributed by atoms with Gasteiger partial charge < -0.3 is 10.1 Å². The van der Waals surface area contributed by atoms with Crippen LogP contribution in [0, 0.1) is 5.41 Å². The second-order valence-corrected chi connectivity index (χ2v) is 4.72. The van der Waals surface area contributed by atoms with Crippen molar-refractivity contribution in [2.45, 2.75) is 26.2 Å². The van der Waals surface area contributed by atoms with Gasteiger partial charge in [0, 0.05) is 13.1 Å². The zero-order chi connectivity index (χ0) is 11.3. The van der Waals surface area contributed by atoms with Crippen molar-refractivity contribution in [3.8, 4) is 5.75 Å². The predicted octanol–water partition coefficient (Wildman–Crippen LogP) is 2.85. The molecule has 0 unspecified atom stereocenters. The molecule has 0 aliphatic carbocycles. The molecule has 0 saturated carbocycles. The van der Waals surface area contributed by atoms with Crippen LogP contribution in [-0.2, 0) is 0 Å². The summed E-state index contributed by atoms with van der Waals surface area (Å²) in [5.41, 5.74) is 0.569. The molecule has 1 saturated heterocycles. The van der Waals surface area contributed by atoms with E-state index in [1.807, 2.05) is 30.3 Å². The third-order valence-electron chi connectivity index (χ3n) is 3.61. The Morgan fingerprint density at radius 2 is 2.00 bits per heavy atom. The molecule has 1 aromatic carbocycles. The first-order valence-electron chi connectivity index (χ1n) is 6.23. The van der Waals surface area contributed by atoms with Crippen LogP contribution in [0.15, 0.2) is 30.3 Å². The number of benzene rings is 1. The van der Waals surface area contributed by atoms with Gasteiger partial charge in [-0.05, 0) is 36.8 Å². The SMILES string of the molecule is CCC1(CCCOc2ccccc2)CNC1. The van der Waals surface area contributed by atoms with Crippen molar-refractivity contribution < 1.29 is 4.74 Å². The number of rotatable bonds is 6. The molecule has 1 aliphatic heterocycles. The number of para-hydroxylation sites is 1. The summed E-state index contributed by atoms with van der Waals surface area (Å²) in [5.74, 6) is 0.986. The topological polar surface area (TPSA) is 21.3 Å². The molecule has 16 heavy (non-hydrogen) atoms. The summed E-state index contributed by atoms with van der Waals surface area (Å²) in [4.78, 5) is 0. The van der Waals surface area contributed by atoms with Crippen molar-refractivity contribution in [3.63, 3.8) is 0 Å². The van der Waals surface area contributed by atoms with Gasteiger partial charge >= 0.3 is 0 Å². The summed E-state index contributed by atoms with van der Waals surface area (Å²) in [6, 6.07) is 10.1. The van der Waals surface area contributed by atoms with Gasteiger partial charge in [0.2, 0.25) is 0 Å². The van der Waals surface area contributed by atoms with Crippen molar-refractivity contribution in [2.75, 3.05) is 19.7 Å². The van der Waals surface area contributed by atoms with Crippen LogP contribution in [0.1, 0.15) is 26.2 Å². The number of hydrogen-bond acceptors (Lipinski definition) is 2. The lowest BCUT2D eigenvalue weighted by molar-refractivity contribution is 0.132. The van der Waals surface area contributed by atoms with Gasteiger partial charge in [-0.3, -0.25) is 0 Å². The lowest BCUT2D eigenvalue weighted by Gasteiger charge is -2.42. The summed E-state index contributed by atoms with van der Waals surface area (Å²) in [7, 11) is 0. The minimum absolute atomic E-state index is 0.569. The Hall–Kier alpha value is -1.02. The molecule has 0 radical (unpaired) electrons. The van der Waals surface area contributed by atoms with Crippen LogP contribution in [0.2, 0.25) is 0 Å². The quantitative estimate of drug-likeness (QED) is 0.743. The maximum Gasteiger partial charge on any atom is 0.119 e. The molecule has 1 fully saturated rings. The molecule has 0 amide bonds. The summed E-state index contributed by atoms with van der Waals surface area (Å²) in [6.07, 6.45) is 3.72. The van der Waals surface area contributed by atoms with Crippen molar-refractivity contribution in [1.29, 1.82) is 0 Å². The van der Waals surface area contributed by atoms with Gasteiger partial charge in [0.15, 0.2) is 0 Å². The summed E-state index contributed by atoms with van der Waals surface area (Å²) in [6.45, 7) is 5.51. The average Bonchev–Trinajstić information content (AvgIpc) is 2.29. The van der Waals surface area contributed by atoms with Crippen LogP contribution >= 0.6 is 0 Å². The van der Waals surface area contributed by atoms with Crippen LogP contribution in [0.5, 0.6) is 5.75 Å². The Morgan fingerprint density at radius 3 is 2.56 bits per heavy atom. The number of nitrogens with one attached hydrogen (secondary N) is 1. The van der Waals surface area contributed by atoms with E-state index in [-0.39, 0.29) is 0 Å². The van der Waals surface area contributed by atoms with Gasteiger partial charge in [-0.1, -0.05) is 25.1 Å². The highest BCUT2D eigenvalue weighted by Crippen LogP contribution is 2.32. The van der Waals surface area contributed by atoms with E-state index in [2.05, 4.69) is 12.2 Å². The fourth-order valence-corrected chi connectivity index (χ4v) is 2.24. The normalized spacial score (nSPS) is 17.8. The molecule has 0 spiro atoms. The molecule has 88 valence electrons. The van der Waals surface area contributed by atoms with E-state index < -0.39 is 0 Å². The zero-order valence-corrected chi connectivity index (χ0v) is 10.0. The molecule has 0 bridgehead atoms. The Morgan fingerprint density at radius 1 is 1.25 bits per heavy atom. The minimum Gasteiger partial charge on any atom is -0.494 e. The third-order valence-corrected chi connectivity index (χ3v) is 3.61. The zero-order valence-electron chi connectivity index (χ0n) is 10.0. The van der Waals surface area contributed by atoms with Gasteiger partial charge in [0.25, 0.3) is 0 Å². The first-order chi connectivity index (χ1) is 7.85. The lowest BCUT2D eigenvalue weighted by atomic mass is 9.75. The van der Waals surface area contributed by atoms with Crippen molar-refractivity contribution in [3.05, 3.63) is 30.3 Å². The summed E-state index contributed by atoms with van der Waals surface area (Å²) in [5, 5.41) is 3.37. The van der Waals surface area contributed by atoms with E-state index in [0.29, 0.717) is 5.41 Å². The van der Waals surface area contributed by atoms with Gasteiger partial charge in [0.05, 0.1) is 6.61 Å². The molecule has 2 heteroatoms. The van der Waals surface area contributed by atoms with E-state index in [4.69, 9.17) is 4.74 Å². The first kappa shape index (κ1) is 11.5. The first-order valence-corrected chi connectivity index (χ1v) is 6.23. The third kappa shape index (κ3) is 2.76. The van der Waals surface area contributed by atoms with Gasteiger partial charge in [0.1, 0.15) is 5.75 Å². The smallest absolute Gasteiger partial charge is 0.119 e. The number of ether oxygens (including phenoxy) is 1. The van der Waals surface area contributed by atoms with Gasteiger partial charge in [-0.25, -0.2) is 0 Å². The van der Waals surface area contributed by atoms with Gasteiger partial charge in [-0.15, -0.1) is 0 Å². The number of hydrogen-bond donors (Lipinski definition) is 1. The molecule has 0 atom stereocenters. The lowest BCUT2D eigenvalue weighted by Crippen LogP contribution is -2.53. The molecule has 2 rings (SSSR count). The summed E-state index contributed by atoms with van der Waals surface area (Å²) >= 11 is 0. The van der Waals surface area contributed by atoms with E-state index in [1.54, 1.807) is 0 Å². The highest BCUT2D eigenvalue weighted by Gasteiger charge is 2.33. The second-order valence-electron chi connectivity index (χ2n) is 4.72. The molecule has 1 aromatic rings. The Bertz CT molecular complexity index is 300. The molecule has 1 aliphatic rings. The maximum absolute atomic E-state index is 5.69. The maximum atomic E-state index is 5.69. The van der Waals surface area contributed by atoms with E-state index in [9.17, 15) is 0 Å². The fourth-order valence-electron chi connectivity index (χ4n) is 2.24. The largest absolute Gasteiger partial charge is 0.494 e. The molecular formula is C14H21NO. The average molecular weight is 219 g/mol. The molecule has 2 nitrogen and oxygen atoms in total. The highest BCUT2D eigenvalue weighted by atomic mass is 16.5. The molecule has 0 aromatic heterocycles. The monoisotopic (exact) mass is 219 g/mol. The Labute approximate surface area is 98.0 Å². The Balaban J connectivity index is 1.65. The van der Waals surface area contributed by atoms with E-state index >= 15 is 0 Å². The minimum atomic E-state index is 0.569. The van der Waals surface area contributed by atoms with Gasteiger partial charge in [-0.2, -0.15) is 0 Å². The van der Waals surface area contributed by atoms with Crippen molar-refractivity contribution in [1.82, 2.24) is 5.32 Å². The summed E-state index contributed by atoms with van der Waals surface area (Å²) < 4.78 is 5.69. The van der Waals surface area contributed by atoms with Crippen LogP contribution < -0.4 is 10.1 Å². The van der Waals surface area contributed by atoms with E-state index in [0.717, 1.165) is 18.8 Å². The fraction of sp³-hybridized carbons (Fsp3) is 0.571. The molecule has 1 heterocycles. The van der Waals surface area contributed by atoms with Crippen molar-refractivity contribution >= 4 is 0 Å². The predicted molar refractivity (Wildman–Crippen MR) is 66.8 cm³/mol. The van der Waals surface area contributed by atoms with Crippen LogP contribution in [-0.4, -0.2) is 19.7 Å². The molecular weight excluding hydrogens is 198 g/mol. The Kier molecular flexibility index (Phi) is 3.83. The van der Waals surface area contributed by atoms with Crippen LogP contribution in [0.3, 0.4) is 0 Å². The second kappa shape index (κ2) is 5.35. The van der Waals surface area contributed by atoms with E-state index in [1.165, 1.54) is 25.9 Å². The van der Waals surface area contributed by atoms with Crippen LogP contribution in [0.4, 0.5) is 0 Å². The van der Waals surface area contributed by atoms with Crippen molar-refractivity contribution in [2.24, 2.45) is 5.41 Å².